The second kappa shape index (κ2) is 5.19. The largest absolute Gasteiger partial charge is 0.377 e. The van der Waals surface area contributed by atoms with E-state index in [1.165, 1.54) is 0 Å². The topological polar surface area (TPSA) is 41.6 Å². The highest BCUT2D eigenvalue weighted by molar-refractivity contribution is 5.73. The normalized spacial score (nSPS) is 15.2. The number of amides is 1. The molecule has 0 atom stereocenters. The number of rotatable bonds is 4. The van der Waals surface area contributed by atoms with Crippen LogP contribution in [0.3, 0.4) is 0 Å². The van der Waals surface area contributed by atoms with Gasteiger partial charge in [-0.1, -0.05) is 18.2 Å². The molecule has 1 amide bonds. The van der Waals surface area contributed by atoms with E-state index in [-0.39, 0.29) is 5.91 Å². The van der Waals surface area contributed by atoms with Crippen LogP contribution in [0.4, 0.5) is 5.69 Å². The Kier molecular flexibility index (Phi) is 3.64. The molecule has 1 aromatic carbocycles. The molecular weight excluding hydrogens is 216 g/mol. The number of hydrogen-bond acceptors (Lipinski definition) is 3. The third-order valence-corrected chi connectivity index (χ3v) is 2.96. The summed E-state index contributed by atoms with van der Waals surface area (Å²) in [6, 6.07) is 8.48. The van der Waals surface area contributed by atoms with Crippen LogP contribution in [-0.2, 0) is 16.1 Å². The van der Waals surface area contributed by atoms with Crippen LogP contribution in [0.5, 0.6) is 0 Å². The third kappa shape index (κ3) is 2.97. The van der Waals surface area contributed by atoms with E-state index in [2.05, 4.69) is 5.32 Å². The Balaban J connectivity index is 2.06. The molecule has 1 aliphatic heterocycles. The molecule has 2 rings (SSSR count). The summed E-state index contributed by atoms with van der Waals surface area (Å²) in [4.78, 5) is 12.9. The first kappa shape index (κ1) is 11.9. The predicted octanol–water partition coefficient (Wildman–Crippen LogP) is 1.48. The molecule has 1 N–H and O–H groups in total. The van der Waals surface area contributed by atoms with Crippen LogP contribution >= 0.6 is 0 Å². The SMILES string of the molecule is CC(=O)N(C)Cc1ccccc1NC1COC1. The van der Waals surface area contributed by atoms with Crippen LogP contribution in [0.25, 0.3) is 0 Å². The second-order valence-corrected chi connectivity index (χ2v) is 4.41. The Morgan fingerprint density at radius 3 is 2.76 bits per heavy atom. The van der Waals surface area contributed by atoms with Crippen molar-refractivity contribution in [3.63, 3.8) is 0 Å². The van der Waals surface area contributed by atoms with Gasteiger partial charge in [0.1, 0.15) is 0 Å². The lowest BCUT2D eigenvalue weighted by atomic mass is 10.1. The number of nitrogens with zero attached hydrogens (tertiary/aromatic N) is 1. The number of carbonyl (C=O) groups excluding carboxylic acids is 1. The Bertz CT molecular complexity index is 402. The van der Waals surface area contributed by atoms with Gasteiger partial charge in [-0.25, -0.2) is 0 Å². The van der Waals surface area contributed by atoms with E-state index in [1.54, 1.807) is 11.8 Å². The first-order chi connectivity index (χ1) is 8.16. The molecule has 4 heteroatoms. The third-order valence-electron chi connectivity index (χ3n) is 2.96. The van der Waals surface area contributed by atoms with Gasteiger partial charge in [0.05, 0.1) is 19.3 Å². The fourth-order valence-corrected chi connectivity index (χ4v) is 1.70. The second-order valence-electron chi connectivity index (χ2n) is 4.41. The number of benzene rings is 1. The molecule has 4 nitrogen and oxygen atoms in total. The summed E-state index contributed by atoms with van der Waals surface area (Å²) in [6.07, 6.45) is 0. The standard InChI is InChI=1S/C13H18N2O2/c1-10(16)15(2)7-11-5-3-4-6-13(11)14-12-8-17-9-12/h3-6,12,14H,7-9H2,1-2H3. The van der Waals surface area contributed by atoms with Gasteiger partial charge in [-0.3, -0.25) is 4.79 Å². The molecule has 1 heterocycles. The predicted molar refractivity (Wildman–Crippen MR) is 66.8 cm³/mol. The van der Waals surface area contributed by atoms with Crippen molar-refractivity contribution in [2.24, 2.45) is 0 Å². The van der Waals surface area contributed by atoms with Crippen LogP contribution in [0, 0.1) is 0 Å². The molecule has 0 unspecified atom stereocenters. The van der Waals surface area contributed by atoms with Crippen molar-refractivity contribution in [3.05, 3.63) is 29.8 Å². The summed E-state index contributed by atoms with van der Waals surface area (Å²) < 4.78 is 5.14. The monoisotopic (exact) mass is 234 g/mol. The van der Waals surface area contributed by atoms with E-state index in [4.69, 9.17) is 4.74 Å². The van der Waals surface area contributed by atoms with E-state index in [9.17, 15) is 4.79 Å². The molecule has 1 fully saturated rings. The van der Waals surface area contributed by atoms with Gasteiger partial charge in [0.15, 0.2) is 0 Å². The lowest BCUT2D eigenvalue weighted by Crippen LogP contribution is -2.40. The summed E-state index contributed by atoms with van der Waals surface area (Å²) in [5.41, 5.74) is 2.23. The van der Waals surface area contributed by atoms with Gasteiger partial charge in [0.2, 0.25) is 5.91 Å². The van der Waals surface area contributed by atoms with Crippen LogP contribution < -0.4 is 5.32 Å². The van der Waals surface area contributed by atoms with Crippen molar-refractivity contribution in [2.45, 2.75) is 19.5 Å². The van der Waals surface area contributed by atoms with Crippen LogP contribution in [0.1, 0.15) is 12.5 Å². The minimum absolute atomic E-state index is 0.0757. The van der Waals surface area contributed by atoms with Crippen molar-refractivity contribution in [2.75, 3.05) is 25.6 Å². The summed E-state index contributed by atoms with van der Waals surface area (Å²) in [5.74, 6) is 0.0757. The molecule has 17 heavy (non-hydrogen) atoms. The number of para-hydroxylation sites is 1. The Morgan fingerprint density at radius 2 is 2.18 bits per heavy atom. The molecule has 0 saturated carbocycles. The highest BCUT2D eigenvalue weighted by atomic mass is 16.5. The molecule has 0 aliphatic carbocycles. The molecule has 0 bridgehead atoms. The molecule has 0 aromatic heterocycles. The highest BCUT2D eigenvalue weighted by Crippen LogP contribution is 2.19. The smallest absolute Gasteiger partial charge is 0.219 e. The molecule has 1 aliphatic rings. The summed E-state index contributed by atoms with van der Waals surface area (Å²) in [7, 11) is 1.81. The van der Waals surface area contributed by atoms with Gasteiger partial charge in [0.25, 0.3) is 0 Å². The van der Waals surface area contributed by atoms with E-state index < -0.39 is 0 Å². The van der Waals surface area contributed by atoms with Crippen molar-refractivity contribution >= 4 is 11.6 Å². The van der Waals surface area contributed by atoms with Gasteiger partial charge in [-0.15, -0.1) is 0 Å². The van der Waals surface area contributed by atoms with Crippen molar-refractivity contribution in [1.82, 2.24) is 4.90 Å². The van der Waals surface area contributed by atoms with Gasteiger partial charge in [-0.05, 0) is 11.6 Å². The van der Waals surface area contributed by atoms with Crippen LogP contribution in [0.2, 0.25) is 0 Å². The molecule has 92 valence electrons. The average molecular weight is 234 g/mol. The van der Waals surface area contributed by atoms with E-state index in [1.807, 2.05) is 31.3 Å². The number of anilines is 1. The summed E-state index contributed by atoms with van der Waals surface area (Å²) in [5, 5.41) is 3.43. The summed E-state index contributed by atoms with van der Waals surface area (Å²) >= 11 is 0. The van der Waals surface area contributed by atoms with Gasteiger partial charge in [-0.2, -0.15) is 0 Å². The lowest BCUT2D eigenvalue weighted by molar-refractivity contribution is -0.128. The Hall–Kier alpha value is -1.55. The maximum absolute atomic E-state index is 11.2. The van der Waals surface area contributed by atoms with E-state index >= 15 is 0 Å². The van der Waals surface area contributed by atoms with E-state index in [0.717, 1.165) is 24.5 Å². The zero-order chi connectivity index (χ0) is 12.3. The molecule has 1 saturated heterocycles. The minimum Gasteiger partial charge on any atom is -0.377 e. The average Bonchev–Trinajstić information content (AvgIpc) is 2.25. The maximum atomic E-state index is 11.2. The molecule has 0 radical (unpaired) electrons. The number of ether oxygens (including phenoxy) is 1. The molecular formula is C13H18N2O2. The zero-order valence-electron chi connectivity index (χ0n) is 10.3. The number of hydrogen-bond donors (Lipinski definition) is 1. The molecule has 0 spiro atoms. The molecule has 1 aromatic rings. The van der Waals surface area contributed by atoms with Gasteiger partial charge < -0.3 is 15.0 Å². The minimum atomic E-state index is 0.0757. The van der Waals surface area contributed by atoms with Crippen molar-refractivity contribution < 1.29 is 9.53 Å². The number of nitrogens with one attached hydrogen (secondary N) is 1. The fraction of sp³-hybridized carbons (Fsp3) is 0.462. The Morgan fingerprint density at radius 1 is 1.47 bits per heavy atom. The van der Waals surface area contributed by atoms with Gasteiger partial charge in [0, 0.05) is 26.2 Å². The van der Waals surface area contributed by atoms with Crippen LogP contribution in [-0.4, -0.2) is 37.1 Å². The number of carbonyl (C=O) groups is 1. The Labute approximate surface area is 102 Å². The van der Waals surface area contributed by atoms with Crippen molar-refractivity contribution in [3.8, 4) is 0 Å². The fourth-order valence-electron chi connectivity index (χ4n) is 1.70. The quantitative estimate of drug-likeness (QED) is 0.858. The lowest BCUT2D eigenvalue weighted by Gasteiger charge is -2.29. The highest BCUT2D eigenvalue weighted by Gasteiger charge is 2.19. The van der Waals surface area contributed by atoms with E-state index in [0.29, 0.717) is 12.6 Å². The van der Waals surface area contributed by atoms with Crippen LogP contribution in [0.15, 0.2) is 24.3 Å². The first-order valence-corrected chi connectivity index (χ1v) is 5.80. The van der Waals surface area contributed by atoms with Gasteiger partial charge >= 0.3 is 0 Å². The maximum Gasteiger partial charge on any atom is 0.219 e. The van der Waals surface area contributed by atoms with Crippen molar-refractivity contribution in [1.29, 1.82) is 0 Å². The first-order valence-electron chi connectivity index (χ1n) is 5.80. The zero-order valence-corrected chi connectivity index (χ0v) is 10.3. The summed E-state index contributed by atoms with van der Waals surface area (Å²) in [6.45, 7) is 3.73.